The molecule has 1 aliphatic rings. The minimum atomic E-state index is -0.778. The van der Waals surface area contributed by atoms with Gasteiger partial charge in [0.2, 0.25) is 5.91 Å². The molecule has 1 saturated heterocycles. The highest BCUT2D eigenvalue weighted by molar-refractivity contribution is 7.13. The molecule has 1 atom stereocenters. The minimum Gasteiger partial charge on any atom is -0.481 e. The van der Waals surface area contributed by atoms with Crippen LogP contribution in [0.5, 0.6) is 0 Å². The van der Waals surface area contributed by atoms with Crippen LogP contribution in [-0.2, 0) is 9.59 Å². The first kappa shape index (κ1) is 13.0. The summed E-state index contributed by atoms with van der Waals surface area (Å²) in [5, 5.41) is 14.0. The Morgan fingerprint density at radius 2 is 2.44 bits per heavy atom. The Labute approximate surface area is 109 Å². The van der Waals surface area contributed by atoms with Gasteiger partial charge in [-0.2, -0.15) is 0 Å². The lowest BCUT2D eigenvalue weighted by molar-refractivity contribution is -0.144. The van der Waals surface area contributed by atoms with Gasteiger partial charge in [-0.3, -0.25) is 14.5 Å². The molecule has 0 saturated carbocycles. The molecule has 1 unspecified atom stereocenters. The van der Waals surface area contributed by atoms with E-state index in [1.165, 1.54) is 11.3 Å². The fraction of sp³-hybridized carbons (Fsp3) is 0.545. The highest BCUT2D eigenvalue weighted by Gasteiger charge is 2.26. The van der Waals surface area contributed by atoms with Crippen LogP contribution in [-0.4, -0.2) is 46.5 Å². The van der Waals surface area contributed by atoms with Crippen LogP contribution in [0.15, 0.2) is 11.6 Å². The van der Waals surface area contributed by atoms with Gasteiger partial charge in [0.1, 0.15) is 0 Å². The van der Waals surface area contributed by atoms with Crippen molar-refractivity contribution in [3.05, 3.63) is 11.6 Å². The molecule has 7 heteroatoms. The van der Waals surface area contributed by atoms with E-state index in [9.17, 15) is 9.59 Å². The van der Waals surface area contributed by atoms with Crippen LogP contribution in [0.1, 0.15) is 12.8 Å². The first-order valence-electron chi connectivity index (χ1n) is 5.79. The minimum absolute atomic E-state index is 0.143. The first-order valence-corrected chi connectivity index (χ1v) is 6.67. The number of piperidine rings is 1. The summed E-state index contributed by atoms with van der Waals surface area (Å²) >= 11 is 1.36. The summed E-state index contributed by atoms with van der Waals surface area (Å²) in [5.74, 6) is -1.28. The van der Waals surface area contributed by atoms with Gasteiger partial charge in [0, 0.05) is 18.1 Å². The molecule has 1 aromatic rings. The predicted molar refractivity (Wildman–Crippen MR) is 67.5 cm³/mol. The second-order valence-electron chi connectivity index (χ2n) is 4.30. The Balaban J connectivity index is 1.81. The largest absolute Gasteiger partial charge is 0.481 e. The van der Waals surface area contributed by atoms with E-state index >= 15 is 0 Å². The molecular weight excluding hydrogens is 254 g/mol. The molecule has 0 aliphatic carbocycles. The second-order valence-corrected chi connectivity index (χ2v) is 5.19. The van der Waals surface area contributed by atoms with E-state index < -0.39 is 5.97 Å². The van der Waals surface area contributed by atoms with Gasteiger partial charge in [0.15, 0.2) is 5.13 Å². The van der Waals surface area contributed by atoms with Crippen molar-refractivity contribution in [1.29, 1.82) is 0 Å². The number of carboxylic acids is 1. The number of aromatic nitrogens is 1. The number of aliphatic carboxylic acids is 1. The molecule has 0 spiro atoms. The number of rotatable bonds is 4. The number of hydrogen-bond donors (Lipinski definition) is 2. The van der Waals surface area contributed by atoms with E-state index in [0.717, 1.165) is 13.0 Å². The summed E-state index contributed by atoms with van der Waals surface area (Å²) in [7, 11) is 0. The summed E-state index contributed by atoms with van der Waals surface area (Å²) in [6, 6.07) is 0. The number of nitrogens with one attached hydrogen (secondary N) is 1. The summed E-state index contributed by atoms with van der Waals surface area (Å²) in [6.07, 6.45) is 3.14. The van der Waals surface area contributed by atoms with E-state index in [1.807, 2.05) is 4.90 Å². The van der Waals surface area contributed by atoms with Gasteiger partial charge in [0.25, 0.3) is 0 Å². The monoisotopic (exact) mass is 269 g/mol. The van der Waals surface area contributed by atoms with Gasteiger partial charge in [-0.05, 0) is 19.4 Å². The maximum absolute atomic E-state index is 11.7. The average Bonchev–Trinajstić information content (AvgIpc) is 2.82. The molecule has 6 nitrogen and oxygen atoms in total. The number of carbonyl (C=O) groups excluding carboxylic acids is 1. The Morgan fingerprint density at radius 1 is 1.61 bits per heavy atom. The third kappa shape index (κ3) is 3.51. The number of hydrogen-bond acceptors (Lipinski definition) is 5. The summed E-state index contributed by atoms with van der Waals surface area (Å²) in [5.41, 5.74) is 0. The second kappa shape index (κ2) is 5.92. The Hall–Kier alpha value is -1.47. The average molecular weight is 269 g/mol. The zero-order valence-corrected chi connectivity index (χ0v) is 10.7. The van der Waals surface area contributed by atoms with Crippen molar-refractivity contribution >= 4 is 28.3 Å². The highest BCUT2D eigenvalue weighted by atomic mass is 32.1. The molecule has 0 aromatic carbocycles. The third-order valence-electron chi connectivity index (χ3n) is 2.90. The van der Waals surface area contributed by atoms with Gasteiger partial charge in [0.05, 0.1) is 12.5 Å². The van der Waals surface area contributed by atoms with Crippen molar-refractivity contribution in [2.45, 2.75) is 12.8 Å². The number of thiazole rings is 1. The van der Waals surface area contributed by atoms with Crippen LogP contribution in [0.25, 0.3) is 0 Å². The van der Waals surface area contributed by atoms with Gasteiger partial charge >= 0.3 is 5.97 Å². The fourth-order valence-electron chi connectivity index (χ4n) is 2.05. The number of anilines is 1. The van der Waals surface area contributed by atoms with Crippen molar-refractivity contribution in [2.24, 2.45) is 5.92 Å². The van der Waals surface area contributed by atoms with Crippen LogP contribution < -0.4 is 5.32 Å². The lowest BCUT2D eigenvalue weighted by Crippen LogP contribution is -2.42. The van der Waals surface area contributed by atoms with Crippen LogP contribution in [0, 0.1) is 5.92 Å². The number of carboxylic acid groups (broad SMARTS) is 1. The van der Waals surface area contributed by atoms with Crippen molar-refractivity contribution in [3.8, 4) is 0 Å². The van der Waals surface area contributed by atoms with E-state index in [0.29, 0.717) is 18.1 Å². The summed E-state index contributed by atoms with van der Waals surface area (Å²) < 4.78 is 0. The lowest BCUT2D eigenvalue weighted by atomic mass is 9.98. The summed E-state index contributed by atoms with van der Waals surface area (Å²) in [6.45, 7) is 1.44. The molecule has 1 aromatic heterocycles. The predicted octanol–water partition coefficient (Wildman–Crippen LogP) is 0.878. The zero-order valence-electron chi connectivity index (χ0n) is 9.83. The van der Waals surface area contributed by atoms with E-state index in [-0.39, 0.29) is 18.4 Å². The molecule has 0 bridgehead atoms. The molecule has 98 valence electrons. The van der Waals surface area contributed by atoms with Crippen LogP contribution in [0.3, 0.4) is 0 Å². The number of amides is 1. The van der Waals surface area contributed by atoms with Crippen LogP contribution in [0.4, 0.5) is 5.13 Å². The first-order chi connectivity index (χ1) is 8.65. The van der Waals surface area contributed by atoms with Gasteiger partial charge in [-0.1, -0.05) is 0 Å². The molecule has 2 rings (SSSR count). The van der Waals surface area contributed by atoms with E-state index in [4.69, 9.17) is 5.11 Å². The topological polar surface area (TPSA) is 82.5 Å². The molecule has 2 heterocycles. The number of nitrogens with zero attached hydrogens (tertiary/aromatic N) is 2. The summed E-state index contributed by atoms with van der Waals surface area (Å²) in [4.78, 5) is 28.5. The molecule has 2 N–H and O–H groups in total. The number of likely N-dealkylation sites (tertiary alicyclic amines) is 1. The molecule has 18 heavy (non-hydrogen) atoms. The maximum atomic E-state index is 11.7. The van der Waals surface area contributed by atoms with Crippen molar-refractivity contribution in [1.82, 2.24) is 9.88 Å². The smallest absolute Gasteiger partial charge is 0.307 e. The van der Waals surface area contributed by atoms with Crippen LogP contribution in [0.2, 0.25) is 0 Å². The third-order valence-corrected chi connectivity index (χ3v) is 3.59. The SMILES string of the molecule is O=C(CN1CCCC(C(=O)O)C1)Nc1nccs1. The fourth-order valence-corrected chi connectivity index (χ4v) is 2.59. The van der Waals surface area contributed by atoms with Crippen molar-refractivity contribution in [2.75, 3.05) is 25.0 Å². The van der Waals surface area contributed by atoms with Gasteiger partial charge < -0.3 is 10.4 Å². The lowest BCUT2D eigenvalue weighted by Gasteiger charge is -2.29. The van der Waals surface area contributed by atoms with Gasteiger partial charge in [-0.15, -0.1) is 11.3 Å². The maximum Gasteiger partial charge on any atom is 0.307 e. The number of carbonyl (C=O) groups is 2. The Bertz CT molecular complexity index is 421. The van der Waals surface area contributed by atoms with Gasteiger partial charge in [-0.25, -0.2) is 4.98 Å². The normalized spacial score (nSPS) is 20.6. The molecular formula is C11H15N3O3S. The molecule has 1 amide bonds. The van der Waals surface area contributed by atoms with Crippen molar-refractivity contribution in [3.63, 3.8) is 0 Å². The molecule has 1 aliphatic heterocycles. The molecule has 0 radical (unpaired) electrons. The Kier molecular flexibility index (Phi) is 4.27. The highest BCUT2D eigenvalue weighted by Crippen LogP contribution is 2.16. The molecule has 1 fully saturated rings. The van der Waals surface area contributed by atoms with E-state index in [2.05, 4.69) is 10.3 Å². The van der Waals surface area contributed by atoms with Crippen molar-refractivity contribution < 1.29 is 14.7 Å². The Morgan fingerprint density at radius 3 is 3.11 bits per heavy atom. The van der Waals surface area contributed by atoms with Crippen LogP contribution >= 0.6 is 11.3 Å². The standard InChI is InChI=1S/C11H15N3O3S/c15-9(13-11-12-3-5-18-11)7-14-4-1-2-8(6-14)10(16)17/h3,5,8H,1-2,4,6-7H2,(H,16,17)(H,12,13,15). The van der Waals surface area contributed by atoms with E-state index in [1.54, 1.807) is 11.6 Å². The zero-order chi connectivity index (χ0) is 13.0. The quantitative estimate of drug-likeness (QED) is 0.847.